The van der Waals surface area contributed by atoms with E-state index in [1.165, 1.54) is 6.07 Å². The van der Waals surface area contributed by atoms with Gasteiger partial charge in [0.2, 0.25) is 0 Å². The van der Waals surface area contributed by atoms with Crippen LogP contribution in [0.25, 0.3) is 0 Å². The Bertz CT molecular complexity index is 455. The summed E-state index contributed by atoms with van der Waals surface area (Å²) in [5.41, 5.74) is 0.763. The minimum absolute atomic E-state index is 0.0661. The van der Waals surface area contributed by atoms with Gasteiger partial charge in [0.1, 0.15) is 5.69 Å². The third kappa shape index (κ3) is 4.84. The molecule has 1 aromatic carbocycles. The minimum Gasteiger partial charge on any atom is -0.389 e. The van der Waals surface area contributed by atoms with Gasteiger partial charge < -0.3 is 10.4 Å². The SMILES string of the molecule is CNc1cc(CN(C)CC(C)(C)O)ccc1[N+](=O)[O-]. The van der Waals surface area contributed by atoms with Crippen LogP contribution in [-0.2, 0) is 6.54 Å². The van der Waals surface area contributed by atoms with E-state index in [0.717, 1.165) is 5.56 Å². The fourth-order valence-electron chi connectivity index (χ4n) is 2.07. The number of benzene rings is 1. The fraction of sp³-hybridized carbons (Fsp3) is 0.538. The largest absolute Gasteiger partial charge is 0.389 e. The van der Waals surface area contributed by atoms with Crippen molar-refractivity contribution in [1.29, 1.82) is 0 Å². The van der Waals surface area contributed by atoms with Crippen molar-refractivity contribution in [3.8, 4) is 0 Å². The van der Waals surface area contributed by atoms with Gasteiger partial charge in [0, 0.05) is 26.2 Å². The zero-order valence-electron chi connectivity index (χ0n) is 11.8. The Morgan fingerprint density at radius 1 is 1.47 bits per heavy atom. The molecule has 0 saturated carbocycles. The van der Waals surface area contributed by atoms with Gasteiger partial charge in [-0.2, -0.15) is 0 Å². The van der Waals surface area contributed by atoms with Gasteiger partial charge >= 0.3 is 0 Å². The first-order valence-corrected chi connectivity index (χ1v) is 6.09. The van der Waals surface area contributed by atoms with Crippen LogP contribution >= 0.6 is 0 Å². The summed E-state index contributed by atoms with van der Waals surface area (Å²) in [6, 6.07) is 5.00. The van der Waals surface area contributed by atoms with Gasteiger partial charge in [-0.25, -0.2) is 0 Å². The number of nitro benzene ring substituents is 1. The Labute approximate surface area is 113 Å². The topological polar surface area (TPSA) is 78.6 Å². The molecule has 0 saturated heterocycles. The van der Waals surface area contributed by atoms with Crippen molar-refractivity contribution in [2.75, 3.05) is 26.0 Å². The second-order valence-electron chi connectivity index (χ2n) is 5.34. The van der Waals surface area contributed by atoms with Crippen LogP contribution in [0, 0.1) is 10.1 Å². The molecule has 19 heavy (non-hydrogen) atoms. The predicted molar refractivity (Wildman–Crippen MR) is 75.3 cm³/mol. The maximum Gasteiger partial charge on any atom is 0.292 e. The normalized spacial score (nSPS) is 11.7. The van der Waals surface area contributed by atoms with E-state index in [2.05, 4.69) is 5.32 Å². The Morgan fingerprint density at radius 2 is 2.11 bits per heavy atom. The molecule has 0 atom stereocenters. The first-order chi connectivity index (χ1) is 8.73. The van der Waals surface area contributed by atoms with Gasteiger partial charge in [-0.15, -0.1) is 0 Å². The van der Waals surface area contributed by atoms with Gasteiger partial charge in [-0.05, 0) is 32.5 Å². The summed E-state index contributed by atoms with van der Waals surface area (Å²) in [5.74, 6) is 0. The summed E-state index contributed by atoms with van der Waals surface area (Å²) in [6.07, 6.45) is 0. The molecule has 0 aromatic heterocycles. The number of rotatable bonds is 6. The molecule has 0 fully saturated rings. The summed E-state index contributed by atoms with van der Waals surface area (Å²) >= 11 is 0. The Morgan fingerprint density at radius 3 is 2.58 bits per heavy atom. The van der Waals surface area contributed by atoms with Crippen LogP contribution in [0.4, 0.5) is 11.4 Å². The summed E-state index contributed by atoms with van der Waals surface area (Å²) in [4.78, 5) is 12.4. The van der Waals surface area contributed by atoms with Gasteiger partial charge in [0.25, 0.3) is 5.69 Å². The second kappa shape index (κ2) is 5.99. The molecule has 0 heterocycles. The lowest BCUT2D eigenvalue weighted by Crippen LogP contribution is -2.35. The number of nitrogens with one attached hydrogen (secondary N) is 1. The maximum absolute atomic E-state index is 10.8. The molecular formula is C13H21N3O3. The lowest BCUT2D eigenvalue weighted by atomic mass is 10.1. The number of nitro groups is 1. The van der Waals surface area contributed by atoms with Crippen molar-refractivity contribution in [3.05, 3.63) is 33.9 Å². The Balaban J connectivity index is 2.83. The van der Waals surface area contributed by atoms with E-state index in [0.29, 0.717) is 18.8 Å². The van der Waals surface area contributed by atoms with E-state index in [1.807, 2.05) is 11.9 Å². The van der Waals surface area contributed by atoms with Crippen molar-refractivity contribution in [1.82, 2.24) is 4.90 Å². The average Bonchev–Trinajstić information content (AvgIpc) is 2.25. The van der Waals surface area contributed by atoms with Crippen LogP contribution in [0.1, 0.15) is 19.4 Å². The average molecular weight is 267 g/mol. The number of likely N-dealkylation sites (N-methyl/N-ethyl adjacent to an activating group) is 1. The molecule has 6 nitrogen and oxygen atoms in total. The Hall–Kier alpha value is -1.66. The van der Waals surface area contributed by atoms with Crippen LogP contribution in [0.5, 0.6) is 0 Å². The fourth-order valence-corrected chi connectivity index (χ4v) is 2.07. The molecule has 0 amide bonds. The zero-order valence-corrected chi connectivity index (χ0v) is 11.8. The zero-order chi connectivity index (χ0) is 14.6. The lowest BCUT2D eigenvalue weighted by Gasteiger charge is -2.25. The van der Waals surface area contributed by atoms with Gasteiger partial charge in [0.05, 0.1) is 10.5 Å². The molecule has 0 aliphatic heterocycles. The second-order valence-corrected chi connectivity index (χ2v) is 5.34. The maximum atomic E-state index is 10.8. The van der Waals surface area contributed by atoms with Crippen molar-refractivity contribution >= 4 is 11.4 Å². The molecule has 106 valence electrons. The summed E-state index contributed by atoms with van der Waals surface area (Å²) in [5, 5.41) is 23.4. The van der Waals surface area contributed by atoms with E-state index < -0.39 is 10.5 Å². The summed E-state index contributed by atoms with van der Waals surface area (Å²) in [7, 11) is 3.56. The predicted octanol–water partition coefficient (Wildman–Crippen LogP) is 1.84. The van der Waals surface area contributed by atoms with E-state index in [1.54, 1.807) is 33.0 Å². The van der Waals surface area contributed by atoms with E-state index in [4.69, 9.17) is 0 Å². The molecule has 2 N–H and O–H groups in total. The molecular weight excluding hydrogens is 246 g/mol. The van der Waals surface area contributed by atoms with E-state index in [-0.39, 0.29) is 5.69 Å². The van der Waals surface area contributed by atoms with Crippen LogP contribution < -0.4 is 5.32 Å². The van der Waals surface area contributed by atoms with Crippen LogP contribution in [0.3, 0.4) is 0 Å². The van der Waals surface area contributed by atoms with Gasteiger partial charge in [-0.1, -0.05) is 6.07 Å². The molecule has 0 bridgehead atoms. The van der Waals surface area contributed by atoms with Crippen LogP contribution in [-0.4, -0.2) is 41.2 Å². The van der Waals surface area contributed by atoms with Crippen LogP contribution in [0.2, 0.25) is 0 Å². The van der Waals surface area contributed by atoms with Gasteiger partial charge in [-0.3, -0.25) is 15.0 Å². The summed E-state index contributed by atoms with van der Waals surface area (Å²) in [6.45, 7) is 4.65. The molecule has 0 aliphatic carbocycles. The summed E-state index contributed by atoms with van der Waals surface area (Å²) < 4.78 is 0. The molecule has 1 aromatic rings. The highest BCUT2D eigenvalue weighted by molar-refractivity contribution is 5.62. The quantitative estimate of drug-likeness (QED) is 0.607. The smallest absolute Gasteiger partial charge is 0.292 e. The standard InChI is InChI=1S/C13H21N3O3/c1-13(2,17)9-15(4)8-10-5-6-12(16(18)19)11(7-10)14-3/h5-7,14,17H,8-9H2,1-4H3. The molecule has 1 rings (SSSR count). The van der Waals surface area contributed by atoms with Crippen molar-refractivity contribution in [2.24, 2.45) is 0 Å². The van der Waals surface area contributed by atoms with Crippen LogP contribution in [0.15, 0.2) is 18.2 Å². The first kappa shape index (κ1) is 15.4. The van der Waals surface area contributed by atoms with E-state index >= 15 is 0 Å². The number of anilines is 1. The number of nitrogens with zero attached hydrogens (tertiary/aromatic N) is 2. The van der Waals surface area contributed by atoms with Crippen molar-refractivity contribution < 1.29 is 10.0 Å². The van der Waals surface area contributed by atoms with E-state index in [9.17, 15) is 15.2 Å². The molecule has 0 spiro atoms. The van der Waals surface area contributed by atoms with Gasteiger partial charge in [0.15, 0.2) is 0 Å². The number of aliphatic hydroxyl groups is 1. The number of hydrogen-bond donors (Lipinski definition) is 2. The minimum atomic E-state index is -0.763. The highest BCUT2D eigenvalue weighted by Crippen LogP contribution is 2.25. The van der Waals surface area contributed by atoms with Crippen molar-refractivity contribution in [3.63, 3.8) is 0 Å². The molecule has 0 unspecified atom stereocenters. The third-order valence-electron chi connectivity index (χ3n) is 2.64. The highest BCUT2D eigenvalue weighted by Gasteiger charge is 2.17. The first-order valence-electron chi connectivity index (χ1n) is 6.09. The highest BCUT2D eigenvalue weighted by atomic mass is 16.6. The Kier molecular flexibility index (Phi) is 4.85. The number of hydrogen-bond acceptors (Lipinski definition) is 5. The third-order valence-corrected chi connectivity index (χ3v) is 2.64. The molecule has 6 heteroatoms. The van der Waals surface area contributed by atoms with Crippen molar-refractivity contribution in [2.45, 2.75) is 26.0 Å². The lowest BCUT2D eigenvalue weighted by molar-refractivity contribution is -0.384. The molecule has 0 aliphatic rings. The molecule has 0 radical (unpaired) electrons. The monoisotopic (exact) mass is 267 g/mol.